The Labute approximate surface area is 129 Å². The molecule has 0 amide bonds. The molecule has 0 heterocycles. The monoisotopic (exact) mass is 406 g/mol. The summed E-state index contributed by atoms with van der Waals surface area (Å²) in [5, 5.41) is 8.23. The molecule has 0 spiro atoms. The molecule has 0 aromatic carbocycles. The second-order valence-corrected chi connectivity index (χ2v) is 4.94. The summed E-state index contributed by atoms with van der Waals surface area (Å²) < 4.78 is 165. The average Bonchev–Trinajstić information content (AvgIpc) is 2.35. The van der Waals surface area contributed by atoms with Gasteiger partial charge in [-0.15, -0.1) is 0 Å². The molecule has 0 saturated carbocycles. The van der Waals surface area contributed by atoms with Crippen molar-refractivity contribution in [1.82, 2.24) is 0 Å². The predicted molar refractivity (Wildman–Crippen MR) is 52.2 cm³/mol. The summed E-state index contributed by atoms with van der Waals surface area (Å²) in [5.74, 6) is -42.3. The van der Waals surface area contributed by atoms with Crippen molar-refractivity contribution >= 4 is 5.97 Å². The summed E-state index contributed by atoms with van der Waals surface area (Å²) in [6.45, 7) is 0.257. The molecule has 0 aliphatic heterocycles. The van der Waals surface area contributed by atoms with Gasteiger partial charge in [0, 0.05) is 6.42 Å². The first-order chi connectivity index (χ1) is 10.6. The molecule has 0 saturated heterocycles. The SMILES string of the molecule is CC(CC(F)(F)C(F)(F)C(F)(F)C(F)(F)C(F)(F)C(F)(F)F)C(=O)O. The second-order valence-electron chi connectivity index (χ2n) is 4.94. The summed E-state index contributed by atoms with van der Waals surface area (Å²) >= 11 is 0. The summed E-state index contributed by atoms with van der Waals surface area (Å²) in [5.41, 5.74) is 0. The van der Waals surface area contributed by atoms with Crippen LogP contribution in [0.4, 0.5) is 57.1 Å². The fourth-order valence-corrected chi connectivity index (χ4v) is 1.40. The number of aliphatic carboxylic acids is 1. The minimum Gasteiger partial charge on any atom is -0.481 e. The summed E-state index contributed by atoms with van der Waals surface area (Å²) in [6.07, 6.45) is -10.2. The van der Waals surface area contributed by atoms with Crippen LogP contribution in [0.1, 0.15) is 13.3 Å². The van der Waals surface area contributed by atoms with Crippen molar-refractivity contribution in [2.75, 3.05) is 0 Å². The Balaban J connectivity index is 6.16. The van der Waals surface area contributed by atoms with E-state index >= 15 is 0 Å². The average molecular weight is 406 g/mol. The van der Waals surface area contributed by atoms with Crippen LogP contribution in [0.2, 0.25) is 0 Å². The summed E-state index contributed by atoms with van der Waals surface area (Å²) in [7, 11) is 0. The van der Waals surface area contributed by atoms with Crippen molar-refractivity contribution < 1.29 is 67.0 Å². The van der Waals surface area contributed by atoms with Gasteiger partial charge in [-0.3, -0.25) is 4.79 Å². The second kappa shape index (κ2) is 6.07. The van der Waals surface area contributed by atoms with Crippen molar-refractivity contribution in [2.24, 2.45) is 5.92 Å². The molecule has 2 nitrogen and oxygen atoms in total. The zero-order valence-electron chi connectivity index (χ0n) is 11.6. The molecule has 1 unspecified atom stereocenters. The molecule has 0 aliphatic rings. The van der Waals surface area contributed by atoms with E-state index in [9.17, 15) is 61.9 Å². The van der Waals surface area contributed by atoms with E-state index in [0.29, 0.717) is 0 Å². The summed E-state index contributed by atoms with van der Waals surface area (Å²) in [6, 6.07) is 0. The van der Waals surface area contributed by atoms with E-state index < -0.39 is 54.1 Å². The molecule has 0 aromatic rings. The van der Waals surface area contributed by atoms with E-state index in [1.54, 1.807) is 0 Å². The molecule has 0 radical (unpaired) electrons. The molecule has 25 heavy (non-hydrogen) atoms. The summed E-state index contributed by atoms with van der Waals surface area (Å²) in [4.78, 5) is 10.3. The van der Waals surface area contributed by atoms with Gasteiger partial charge in [0.2, 0.25) is 0 Å². The van der Waals surface area contributed by atoms with E-state index in [4.69, 9.17) is 5.11 Å². The molecule has 150 valence electrons. The number of hydrogen-bond donors (Lipinski definition) is 1. The van der Waals surface area contributed by atoms with Gasteiger partial charge in [0.15, 0.2) is 0 Å². The molecule has 1 N–H and O–H groups in total. The number of carboxylic acid groups (broad SMARTS) is 1. The highest BCUT2D eigenvalue weighted by Crippen LogP contribution is 2.60. The van der Waals surface area contributed by atoms with E-state index in [0.717, 1.165) is 0 Å². The Hall–Kier alpha value is -1.44. The van der Waals surface area contributed by atoms with Gasteiger partial charge in [-0.1, -0.05) is 6.92 Å². The van der Waals surface area contributed by atoms with Crippen LogP contribution >= 0.6 is 0 Å². The number of hydrogen-bond acceptors (Lipinski definition) is 1. The third kappa shape index (κ3) is 3.45. The van der Waals surface area contributed by atoms with Gasteiger partial charge in [0.1, 0.15) is 0 Å². The molecule has 0 aromatic heterocycles. The minimum atomic E-state index is -7.97. The van der Waals surface area contributed by atoms with E-state index in [1.165, 1.54) is 0 Å². The first kappa shape index (κ1) is 23.6. The fraction of sp³-hybridized carbons (Fsp3) is 0.900. The predicted octanol–water partition coefficient (Wildman–Crippen LogP) is 4.84. The molecule has 1 atom stereocenters. The molecule has 0 aliphatic carbocycles. The third-order valence-corrected chi connectivity index (χ3v) is 2.98. The van der Waals surface area contributed by atoms with Crippen LogP contribution in [0.25, 0.3) is 0 Å². The fourth-order valence-electron chi connectivity index (χ4n) is 1.40. The lowest BCUT2D eigenvalue weighted by atomic mass is 9.89. The normalized spacial score (nSPS) is 16.7. The minimum absolute atomic E-state index is 0.257. The van der Waals surface area contributed by atoms with Crippen LogP contribution in [-0.4, -0.2) is 46.9 Å². The Morgan fingerprint density at radius 1 is 0.720 bits per heavy atom. The highest BCUT2D eigenvalue weighted by atomic mass is 19.4. The largest absolute Gasteiger partial charge is 0.481 e. The number of rotatable bonds is 7. The number of alkyl halides is 13. The van der Waals surface area contributed by atoms with Gasteiger partial charge in [-0.2, -0.15) is 57.1 Å². The van der Waals surface area contributed by atoms with Gasteiger partial charge in [-0.05, 0) is 0 Å². The Kier molecular flexibility index (Phi) is 5.72. The Bertz CT molecular complexity index is 507. The maximum atomic E-state index is 13.2. The van der Waals surface area contributed by atoms with Crippen LogP contribution in [0.3, 0.4) is 0 Å². The Morgan fingerprint density at radius 3 is 1.32 bits per heavy atom. The molecule has 15 heteroatoms. The van der Waals surface area contributed by atoms with Gasteiger partial charge in [-0.25, -0.2) is 0 Å². The van der Waals surface area contributed by atoms with Crippen molar-refractivity contribution in [3.8, 4) is 0 Å². The Morgan fingerprint density at radius 2 is 1.04 bits per heavy atom. The van der Waals surface area contributed by atoms with E-state index in [1.807, 2.05) is 0 Å². The zero-order valence-corrected chi connectivity index (χ0v) is 11.6. The number of carbonyl (C=O) groups is 1. The van der Waals surface area contributed by atoms with Crippen molar-refractivity contribution in [3.05, 3.63) is 0 Å². The maximum absolute atomic E-state index is 13.2. The smallest absolute Gasteiger partial charge is 0.460 e. The van der Waals surface area contributed by atoms with Crippen LogP contribution in [-0.2, 0) is 4.79 Å². The van der Waals surface area contributed by atoms with Crippen molar-refractivity contribution in [1.29, 1.82) is 0 Å². The van der Waals surface area contributed by atoms with Crippen LogP contribution in [0, 0.1) is 5.92 Å². The highest BCUT2D eigenvalue weighted by Gasteiger charge is 2.90. The van der Waals surface area contributed by atoms with Crippen molar-refractivity contribution in [2.45, 2.75) is 49.1 Å². The van der Waals surface area contributed by atoms with E-state index in [-0.39, 0.29) is 6.92 Å². The first-order valence-corrected chi connectivity index (χ1v) is 5.76. The van der Waals surface area contributed by atoms with Gasteiger partial charge in [0.25, 0.3) is 0 Å². The molecule has 0 fully saturated rings. The van der Waals surface area contributed by atoms with Gasteiger partial charge >= 0.3 is 41.8 Å². The van der Waals surface area contributed by atoms with Crippen LogP contribution in [0.5, 0.6) is 0 Å². The molecule has 0 rings (SSSR count). The third-order valence-electron chi connectivity index (χ3n) is 2.98. The standard InChI is InChI=1S/C10H7F13O2/c1-3(4(24)25)2-5(11,12)6(13,14)7(15,16)8(17,18)9(19,20)10(21,22)23/h3H,2H2,1H3,(H,24,25). The lowest BCUT2D eigenvalue weighted by molar-refractivity contribution is -0.440. The van der Waals surface area contributed by atoms with Gasteiger partial charge < -0.3 is 5.11 Å². The number of carboxylic acids is 1. The topological polar surface area (TPSA) is 37.3 Å². The van der Waals surface area contributed by atoms with Crippen LogP contribution in [0.15, 0.2) is 0 Å². The zero-order chi connectivity index (χ0) is 20.9. The van der Waals surface area contributed by atoms with Gasteiger partial charge in [0.05, 0.1) is 5.92 Å². The van der Waals surface area contributed by atoms with E-state index in [2.05, 4.69) is 0 Å². The molecular formula is C10H7F13O2. The van der Waals surface area contributed by atoms with Crippen molar-refractivity contribution in [3.63, 3.8) is 0 Å². The van der Waals surface area contributed by atoms with Crippen LogP contribution < -0.4 is 0 Å². The quantitative estimate of drug-likeness (QED) is 0.615. The molecular weight excluding hydrogens is 399 g/mol. The number of halogens is 13. The lowest BCUT2D eigenvalue weighted by Gasteiger charge is -2.40. The maximum Gasteiger partial charge on any atom is 0.460 e. The molecule has 0 bridgehead atoms. The first-order valence-electron chi connectivity index (χ1n) is 5.76. The highest BCUT2D eigenvalue weighted by molar-refractivity contribution is 5.69. The lowest BCUT2D eigenvalue weighted by Crippen LogP contribution is -2.70.